The highest BCUT2D eigenvalue weighted by Crippen LogP contribution is 2.01. The van der Waals surface area contributed by atoms with Crippen LogP contribution in [0.3, 0.4) is 0 Å². The van der Waals surface area contributed by atoms with Gasteiger partial charge >= 0.3 is 0 Å². The third-order valence-corrected chi connectivity index (χ3v) is 0.756. The zero-order valence-corrected chi connectivity index (χ0v) is 5.72. The molecule has 1 nitrogen and oxygen atoms in total. The second-order valence-corrected chi connectivity index (χ2v) is 1.64. The van der Waals surface area contributed by atoms with Crippen molar-refractivity contribution < 1.29 is 8.78 Å². The molecule has 0 aromatic heterocycles. The van der Waals surface area contributed by atoms with Crippen molar-refractivity contribution in [3.8, 4) is 0 Å². The van der Waals surface area contributed by atoms with Crippen molar-refractivity contribution in [1.82, 2.24) is 0 Å². The summed E-state index contributed by atoms with van der Waals surface area (Å²) < 4.78 is 23.3. The van der Waals surface area contributed by atoms with E-state index in [0.717, 1.165) is 6.21 Å². The van der Waals surface area contributed by atoms with Crippen LogP contribution in [0.25, 0.3) is 0 Å². The van der Waals surface area contributed by atoms with E-state index >= 15 is 0 Å². The van der Waals surface area contributed by atoms with Gasteiger partial charge in [-0.1, -0.05) is 12.7 Å². The van der Waals surface area contributed by atoms with Gasteiger partial charge in [0, 0.05) is 18.0 Å². The molecule has 0 N–H and O–H groups in total. The second-order valence-electron chi connectivity index (χ2n) is 1.64. The fraction of sp³-hybridized carbons (Fsp3) is 0.286. The molecular weight excluding hydrogens is 136 g/mol. The van der Waals surface area contributed by atoms with Crippen LogP contribution in [0.1, 0.15) is 6.92 Å². The number of nitrogens with zero attached hydrogens (tertiary/aromatic N) is 1. The molecule has 0 aliphatic rings. The molecule has 0 aliphatic carbocycles. The zero-order chi connectivity index (χ0) is 7.98. The summed E-state index contributed by atoms with van der Waals surface area (Å²) in [6.45, 7) is 4.85. The molecule has 0 aromatic rings. The largest absolute Gasteiger partial charge is 0.265 e. The van der Waals surface area contributed by atoms with Crippen molar-refractivity contribution in [2.75, 3.05) is 0 Å². The van der Waals surface area contributed by atoms with E-state index in [1.165, 1.54) is 6.20 Å². The van der Waals surface area contributed by atoms with Crippen molar-refractivity contribution in [2.45, 2.75) is 13.3 Å². The Morgan fingerprint density at radius 1 is 1.60 bits per heavy atom. The SMILES string of the molecule is C=C(C=N/C=C\C)C(F)F. The number of allylic oxidation sites excluding steroid dienone is 2. The lowest BCUT2D eigenvalue weighted by atomic mass is 10.3. The van der Waals surface area contributed by atoms with Gasteiger partial charge in [0.05, 0.1) is 0 Å². The number of hydrogen-bond acceptors (Lipinski definition) is 1. The highest BCUT2D eigenvalue weighted by Gasteiger charge is 2.02. The minimum atomic E-state index is -2.51. The molecule has 0 spiro atoms. The fourth-order valence-electron chi connectivity index (χ4n) is 0.281. The zero-order valence-electron chi connectivity index (χ0n) is 5.72. The van der Waals surface area contributed by atoms with Gasteiger partial charge in [-0.15, -0.1) is 0 Å². The van der Waals surface area contributed by atoms with Crippen LogP contribution in [0.4, 0.5) is 8.78 Å². The maximum absolute atomic E-state index is 11.6. The molecule has 0 saturated carbocycles. The van der Waals surface area contributed by atoms with Gasteiger partial charge in [-0.2, -0.15) is 0 Å². The predicted octanol–water partition coefficient (Wildman–Crippen LogP) is 2.41. The highest BCUT2D eigenvalue weighted by molar-refractivity contribution is 5.78. The fourth-order valence-corrected chi connectivity index (χ4v) is 0.281. The molecular formula is C7H9F2N. The van der Waals surface area contributed by atoms with Crippen molar-refractivity contribution in [3.05, 3.63) is 24.4 Å². The Bertz CT molecular complexity index is 159. The molecule has 0 fully saturated rings. The van der Waals surface area contributed by atoms with Crippen LogP contribution in [0.2, 0.25) is 0 Å². The molecule has 56 valence electrons. The van der Waals surface area contributed by atoms with Gasteiger partial charge in [-0.05, 0) is 6.92 Å². The van der Waals surface area contributed by atoms with Gasteiger partial charge in [0.15, 0.2) is 0 Å². The molecule has 3 heteroatoms. The molecule has 0 unspecified atom stereocenters. The maximum Gasteiger partial charge on any atom is 0.264 e. The van der Waals surface area contributed by atoms with Crippen molar-refractivity contribution in [2.24, 2.45) is 4.99 Å². The van der Waals surface area contributed by atoms with Crippen molar-refractivity contribution in [3.63, 3.8) is 0 Å². The average Bonchev–Trinajstić information content (AvgIpc) is 1.88. The van der Waals surface area contributed by atoms with Crippen LogP contribution >= 0.6 is 0 Å². The first kappa shape index (κ1) is 9.01. The van der Waals surface area contributed by atoms with Gasteiger partial charge in [0.25, 0.3) is 6.43 Å². The number of alkyl halides is 2. The van der Waals surface area contributed by atoms with Crippen molar-refractivity contribution >= 4 is 6.21 Å². The lowest BCUT2D eigenvalue weighted by molar-refractivity contribution is 0.198. The summed E-state index contributed by atoms with van der Waals surface area (Å²) in [5.41, 5.74) is -0.266. The number of rotatable bonds is 3. The van der Waals surface area contributed by atoms with Crippen LogP contribution < -0.4 is 0 Å². The summed E-state index contributed by atoms with van der Waals surface area (Å²) in [7, 11) is 0. The van der Waals surface area contributed by atoms with Gasteiger partial charge in [0.1, 0.15) is 0 Å². The molecule has 0 amide bonds. The van der Waals surface area contributed by atoms with E-state index in [2.05, 4.69) is 11.6 Å². The number of hydrogen-bond donors (Lipinski definition) is 0. The van der Waals surface area contributed by atoms with E-state index in [-0.39, 0.29) is 5.57 Å². The molecule has 0 heterocycles. The first-order chi connectivity index (χ1) is 4.68. The van der Waals surface area contributed by atoms with E-state index in [1.807, 2.05) is 0 Å². The smallest absolute Gasteiger partial charge is 0.264 e. The van der Waals surface area contributed by atoms with E-state index in [4.69, 9.17) is 0 Å². The van der Waals surface area contributed by atoms with Crippen LogP contribution in [-0.2, 0) is 0 Å². The van der Waals surface area contributed by atoms with E-state index in [9.17, 15) is 8.78 Å². The second kappa shape index (κ2) is 4.85. The van der Waals surface area contributed by atoms with E-state index < -0.39 is 6.43 Å². The summed E-state index contributed by atoms with van der Waals surface area (Å²) in [6.07, 6.45) is 1.61. The van der Waals surface area contributed by atoms with E-state index in [1.54, 1.807) is 13.0 Å². The normalized spacial score (nSPS) is 12.0. The predicted molar refractivity (Wildman–Crippen MR) is 38.5 cm³/mol. The Morgan fingerprint density at radius 2 is 2.20 bits per heavy atom. The maximum atomic E-state index is 11.6. The Labute approximate surface area is 58.8 Å². The number of aliphatic imine (C=N–C) groups is 1. The molecule has 0 rings (SSSR count). The van der Waals surface area contributed by atoms with Crippen LogP contribution in [0, 0.1) is 0 Å². The molecule has 0 atom stereocenters. The molecule has 0 aromatic carbocycles. The van der Waals surface area contributed by atoms with Crippen LogP contribution in [0.15, 0.2) is 29.4 Å². The molecule has 0 radical (unpaired) electrons. The quantitative estimate of drug-likeness (QED) is 0.541. The lowest BCUT2D eigenvalue weighted by Crippen LogP contribution is -1.94. The minimum Gasteiger partial charge on any atom is -0.265 e. The van der Waals surface area contributed by atoms with E-state index in [0.29, 0.717) is 0 Å². The summed E-state index contributed by atoms with van der Waals surface area (Å²) >= 11 is 0. The first-order valence-corrected chi connectivity index (χ1v) is 2.79. The summed E-state index contributed by atoms with van der Waals surface area (Å²) in [5.74, 6) is 0. The molecule has 0 bridgehead atoms. The summed E-state index contributed by atoms with van der Waals surface area (Å²) in [5, 5.41) is 0. The summed E-state index contributed by atoms with van der Waals surface area (Å²) in [4.78, 5) is 3.53. The molecule has 0 saturated heterocycles. The summed E-state index contributed by atoms with van der Waals surface area (Å²) in [6, 6.07) is 0. The lowest BCUT2D eigenvalue weighted by Gasteiger charge is -1.92. The van der Waals surface area contributed by atoms with Gasteiger partial charge < -0.3 is 0 Å². The minimum absolute atomic E-state index is 0.266. The Hall–Kier alpha value is -0.990. The third kappa shape index (κ3) is 3.95. The van der Waals surface area contributed by atoms with Crippen molar-refractivity contribution in [1.29, 1.82) is 0 Å². The third-order valence-electron chi connectivity index (χ3n) is 0.756. The number of halogens is 2. The average molecular weight is 145 g/mol. The Balaban J connectivity index is 3.78. The highest BCUT2D eigenvalue weighted by atomic mass is 19.3. The van der Waals surface area contributed by atoms with Gasteiger partial charge in [-0.3, -0.25) is 4.99 Å². The Morgan fingerprint density at radius 3 is 2.60 bits per heavy atom. The molecule has 10 heavy (non-hydrogen) atoms. The van der Waals surface area contributed by atoms with Gasteiger partial charge in [0.2, 0.25) is 0 Å². The van der Waals surface area contributed by atoms with Crippen LogP contribution in [0.5, 0.6) is 0 Å². The topological polar surface area (TPSA) is 12.4 Å². The monoisotopic (exact) mass is 145 g/mol. The van der Waals surface area contributed by atoms with Gasteiger partial charge in [-0.25, -0.2) is 8.78 Å². The standard InChI is InChI=1S/C7H9F2N/c1-3-4-10-5-6(2)7(8)9/h3-5,7H,2H2,1H3/b4-3-,10-5?. The first-order valence-electron chi connectivity index (χ1n) is 2.79. The molecule has 0 aliphatic heterocycles. The Kier molecular flexibility index (Phi) is 4.37. The van der Waals surface area contributed by atoms with Crippen LogP contribution in [-0.4, -0.2) is 12.6 Å².